The Labute approximate surface area is 135 Å². The highest BCUT2D eigenvalue weighted by atomic mass is 32.2. The number of aliphatic hydroxyl groups is 2. The number of fused-ring (bicyclic) bond motifs is 2. The van der Waals surface area contributed by atoms with Gasteiger partial charge >= 0.3 is 0 Å². The SMILES string of the molecule is Cc1ccc2c(c1)C(CCO)=C(CCO)c1ccccc1S2. The molecule has 0 spiro atoms. The molecule has 0 bridgehead atoms. The minimum atomic E-state index is 0.115. The van der Waals surface area contributed by atoms with E-state index in [1.165, 1.54) is 26.5 Å². The van der Waals surface area contributed by atoms with Gasteiger partial charge in [-0.15, -0.1) is 0 Å². The highest BCUT2D eigenvalue weighted by Crippen LogP contribution is 2.46. The summed E-state index contributed by atoms with van der Waals surface area (Å²) in [4.78, 5) is 2.43. The molecule has 2 aromatic rings. The van der Waals surface area contributed by atoms with E-state index in [1.807, 2.05) is 12.1 Å². The summed E-state index contributed by atoms with van der Waals surface area (Å²) in [5.41, 5.74) is 5.90. The van der Waals surface area contributed by atoms with E-state index in [-0.39, 0.29) is 13.2 Å². The molecule has 0 amide bonds. The lowest BCUT2D eigenvalue weighted by Gasteiger charge is -2.15. The molecule has 1 aliphatic rings. The molecule has 3 rings (SSSR count). The quantitative estimate of drug-likeness (QED) is 0.891. The number of hydrogen-bond acceptors (Lipinski definition) is 3. The average Bonchev–Trinajstić information content (AvgIpc) is 2.64. The first-order chi connectivity index (χ1) is 10.7. The lowest BCUT2D eigenvalue weighted by Crippen LogP contribution is -1.98. The van der Waals surface area contributed by atoms with Crippen molar-refractivity contribution in [1.82, 2.24) is 0 Å². The van der Waals surface area contributed by atoms with Crippen LogP contribution in [-0.2, 0) is 0 Å². The topological polar surface area (TPSA) is 40.5 Å². The van der Waals surface area contributed by atoms with Gasteiger partial charge in [-0.3, -0.25) is 0 Å². The highest BCUT2D eigenvalue weighted by molar-refractivity contribution is 7.99. The Morgan fingerprint density at radius 3 is 2.18 bits per heavy atom. The van der Waals surface area contributed by atoms with Crippen LogP contribution in [-0.4, -0.2) is 23.4 Å². The largest absolute Gasteiger partial charge is 0.396 e. The summed E-state index contributed by atoms with van der Waals surface area (Å²) in [7, 11) is 0. The van der Waals surface area contributed by atoms with Gasteiger partial charge in [-0.25, -0.2) is 0 Å². The molecule has 114 valence electrons. The predicted octanol–water partition coefficient (Wildman–Crippen LogP) is 4.14. The maximum atomic E-state index is 9.54. The minimum absolute atomic E-state index is 0.115. The van der Waals surface area contributed by atoms with Gasteiger partial charge in [0.1, 0.15) is 0 Å². The van der Waals surface area contributed by atoms with Crippen molar-refractivity contribution in [2.75, 3.05) is 13.2 Å². The van der Waals surface area contributed by atoms with Crippen LogP contribution >= 0.6 is 11.8 Å². The zero-order valence-electron chi connectivity index (χ0n) is 12.7. The molecule has 0 radical (unpaired) electrons. The Balaban J connectivity index is 2.30. The number of benzene rings is 2. The molecule has 0 aliphatic carbocycles. The third-order valence-electron chi connectivity index (χ3n) is 3.98. The molecule has 3 heteroatoms. The van der Waals surface area contributed by atoms with Crippen molar-refractivity contribution in [3.63, 3.8) is 0 Å². The van der Waals surface area contributed by atoms with Gasteiger partial charge < -0.3 is 10.2 Å². The van der Waals surface area contributed by atoms with Crippen LogP contribution in [0.2, 0.25) is 0 Å². The van der Waals surface area contributed by atoms with Gasteiger partial charge in [-0.1, -0.05) is 47.7 Å². The predicted molar refractivity (Wildman–Crippen MR) is 92.0 cm³/mol. The molecule has 0 atom stereocenters. The van der Waals surface area contributed by atoms with Gasteiger partial charge in [0, 0.05) is 23.0 Å². The first kappa shape index (κ1) is 15.3. The summed E-state index contributed by atoms with van der Waals surface area (Å²) >= 11 is 1.77. The third-order valence-corrected chi connectivity index (χ3v) is 5.13. The van der Waals surface area contributed by atoms with Crippen LogP contribution in [0.3, 0.4) is 0 Å². The minimum Gasteiger partial charge on any atom is -0.396 e. The Morgan fingerprint density at radius 2 is 1.45 bits per heavy atom. The van der Waals surface area contributed by atoms with Crippen molar-refractivity contribution in [2.24, 2.45) is 0 Å². The molecule has 2 N–H and O–H groups in total. The van der Waals surface area contributed by atoms with E-state index in [4.69, 9.17) is 0 Å². The number of hydrogen-bond donors (Lipinski definition) is 2. The second kappa shape index (κ2) is 6.69. The number of rotatable bonds is 4. The van der Waals surface area contributed by atoms with Crippen LogP contribution in [0.4, 0.5) is 0 Å². The zero-order valence-corrected chi connectivity index (χ0v) is 13.5. The molecule has 0 fully saturated rings. The summed E-state index contributed by atoms with van der Waals surface area (Å²) in [6.07, 6.45) is 1.22. The van der Waals surface area contributed by atoms with E-state index in [0.717, 1.165) is 11.1 Å². The van der Waals surface area contributed by atoms with Crippen LogP contribution in [0, 0.1) is 6.92 Å². The van der Waals surface area contributed by atoms with Crippen molar-refractivity contribution in [2.45, 2.75) is 29.6 Å². The Morgan fingerprint density at radius 1 is 0.818 bits per heavy atom. The van der Waals surface area contributed by atoms with Gasteiger partial charge in [-0.05, 0) is 54.2 Å². The van der Waals surface area contributed by atoms with Gasteiger partial charge in [0.2, 0.25) is 0 Å². The zero-order chi connectivity index (χ0) is 15.5. The van der Waals surface area contributed by atoms with Crippen molar-refractivity contribution in [3.8, 4) is 0 Å². The molecule has 2 aromatic carbocycles. The molecule has 0 unspecified atom stereocenters. The standard InChI is InChI=1S/C19H20O2S/c1-13-6-7-19-17(12-13)15(9-11-21)14(8-10-20)16-4-2-3-5-18(16)22-19/h2-7,12,20-21H,8-11H2,1H3. The van der Waals surface area contributed by atoms with Crippen LogP contribution in [0.15, 0.2) is 52.3 Å². The molecule has 22 heavy (non-hydrogen) atoms. The van der Waals surface area contributed by atoms with Gasteiger partial charge in [0.25, 0.3) is 0 Å². The molecule has 2 nitrogen and oxygen atoms in total. The van der Waals surface area contributed by atoms with Crippen LogP contribution < -0.4 is 0 Å². The van der Waals surface area contributed by atoms with E-state index < -0.39 is 0 Å². The molecule has 0 saturated heterocycles. The molecular formula is C19H20O2S. The fraction of sp³-hybridized carbons (Fsp3) is 0.263. The summed E-state index contributed by atoms with van der Waals surface area (Å²) in [5, 5.41) is 19.1. The lowest BCUT2D eigenvalue weighted by molar-refractivity contribution is 0.301. The molecule has 1 aliphatic heterocycles. The molecular weight excluding hydrogens is 292 g/mol. The second-order valence-corrected chi connectivity index (χ2v) is 6.59. The summed E-state index contributed by atoms with van der Waals surface area (Å²) < 4.78 is 0. The number of aliphatic hydroxyl groups excluding tert-OH is 2. The first-order valence-electron chi connectivity index (χ1n) is 7.56. The van der Waals surface area contributed by atoms with Crippen molar-refractivity contribution in [1.29, 1.82) is 0 Å². The van der Waals surface area contributed by atoms with E-state index in [2.05, 4.69) is 37.3 Å². The molecule has 1 heterocycles. The van der Waals surface area contributed by atoms with Crippen molar-refractivity contribution < 1.29 is 10.2 Å². The Bertz CT molecular complexity index is 719. The third kappa shape index (κ3) is 2.84. The van der Waals surface area contributed by atoms with Gasteiger partial charge in [-0.2, -0.15) is 0 Å². The van der Waals surface area contributed by atoms with E-state index >= 15 is 0 Å². The van der Waals surface area contributed by atoms with Crippen LogP contribution in [0.25, 0.3) is 11.1 Å². The maximum Gasteiger partial charge on any atom is 0.0471 e. The van der Waals surface area contributed by atoms with Crippen LogP contribution in [0.1, 0.15) is 29.5 Å². The van der Waals surface area contributed by atoms with E-state index in [9.17, 15) is 10.2 Å². The first-order valence-corrected chi connectivity index (χ1v) is 8.38. The molecule has 0 saturated carbocycles. The fourth-order valence-electron chi connectivity index (χ4n) is 3.01. The number of aryl methyl sites for hydroxylation is 1. The van der Waals surface area contributed by atoms with Crippen LogP contribution in [0.5, 0.6) is 0 Å². The smallest absolute Gasteiger partial charge is 0.0471 e. The van der Waals surface area contributed by atoms with Gasteiger partial charge in [0.15, 0.2) is 0 Å². The molecule has 0 aromatic heterocycles. The van der Waals surface area contributed by atoms with Crippen molar-refractivity contribution in [3.05, 3.63) is 59.2 Å². The Kier molecular flexibility index (Phi) is 4.67. The summed E-state index contributed by atoms with van der Waals surface area (Å²) in [6, 6.07) is 14.8. The van der Waals surface area contributed by atoms with E-state index in [0.29, 0.717) is 12.8 Å². The lowest BCUT2D eigenvalue weighted by atomic mass is 9.90. The highest BCUT2D eigenvalue weighted by Gasteiger charge is 2.21. The monoisotopic (exact) mass is 312 g/mol. The fourth-order valence-corrected chi connectivity index (χ4v) is 4.12. The summed E-state index contributed by atoms with van der Waals surface area (Å²) in [6.45, 7) is 2.32. The van der Waals surface area contributed by atoms with Crippen molar-refractivity contribution >= 4 is 22.9 Å². The van der Waals surface area contributed by atoms with E-state index in [1.54, 1.807) is 11.8 Å². The Hall–Kier alpha value is -1.55. The second-order valence-electron chi connectivity index (χ2n) is 5.50. The average molecular weight is 312 g/mol. The van der Waals surface area contributed by atoms with Gasteiger partial charge in [0.05, 0.1) is 0 Å². The normalized spacial score (nSPS) is 13.6. The maximum absolute atomic E-state index is 9.54. The summed E-state index contributed by atoms with van der Waals surface area (Å²) in [5.74, 6) is 0.